The van der Waals surface area contributed by atoms with Crippen LogP contribution in [0.4, 0.5) is 4.39 Å². The number of nitrogens with zero attached hydrogens (tertiary/aromatic N) is 5. The summed E-state index contributed by atoms with van der Waals surface area (Å²) in [5, 5.41) is 4.07. The van der Waals surface area contributed by atoms with Gasteiger partial charge in [0.15, 0.2) is 0 Å². The molecule has 0 radical (unpaired) electrons. The zero-order chi connectivity index (χ0) is 19.8. The number of likely N-dealkylation sites (tertiary alicyclic amines) is 1. The molecule has 0 unspecified atom stereocenters. The van der Waals surface area contributed by atoms with Crippen molar-refractivity contribution in [3.63, 3.8) is 0 Å². The number of benzene rings is 1. The summed E-state index contributed by atoms with van der Waals surface area (Å²) in [7, 11) is 0. The lowest BCUT2D eigenvalue weighted by atomic mass is 9.97. The fourth-order valence-corrected chi connectivity index (χ4v) is 3.65. The normalized spacial score (nSPS) is 17.2. The number of amides is 1. The van der Waals surface area contributed by atoms with E-state index in [1.165, 1.54) is 6.07 Å². The van der Waals surface area contributed by atoms with Gasteiger partial charge in [0.2, 0.25) is 17.6 Å². The van der Waals surface area contributed by atoms with Crippen molar-refractivity contribution in [1.82, 2.24) is 24.4 Å². The summed E-state index contributed by atoms with van der Waals surface area (Å²) < 4.78 is 21.4. The lowest BCUT2D eigenvalue weighted by molar-refractivity contribution is -0.134. The molecule has 7 nitrogen and oxygen atoms in total. The zero-order valence-electron chi connectivity index (χ0n) is 15.5. The summed E-state index contributed by atoms with van der Waals surface area (Å²) in [6.07, 6.45) is 4.74. The van der Waals surface area contributed by atoms with Crippen molar-refractivity contribution in [1.29, 1.82) is 0 Å². The van der Waals surface area contributed by atoms with Gasteiger partial charge in [-0.15, -0.1) is 0 Å². The summed E-state index contributed by atoms with van der Waals surface area (Å²) >= 11 is 0. The maximum atomic E-state index is 14.0. The molecule has 0 aliphatic carbocycles. The molecule has 1 atom stereocenters. The third-order valence-corrected chi connectivity index (χ3v) is 5.20. The molecule has 0 spiro atoms. The van der Waals surface area contributed by atoms with Gasteiger partial charge in [-0.05, 0) is 24.6 Å². The number of carbonyl (C=O) groups is 1. The van der Waals surface area contributed by atoms with E-state index in [1.54, 1.807) is 23.1 Å². The van der Waals surface area contributed by atoms with Gasteiger partial charge in [0.05, 0.1) is 5.92 Å². The molecule has 5 rings (SSSR count). The van der Waals surface area contributed by atoms with E-state index >= 15 is 0 Å². The number of imidazole rings is 1. The summed E-state index contributed by atoms with van der Waals surface area (Å²) in [6, 6.07) is 12.2. The molecule has 4 aromatic rings. The molecule has 0 N–H and O–H groups in total. The number of pyridine rings is 1. The molecular weight excluding hydrogens is 373 g/mol. The fourth-order valence-electron chi connectivity index (χ4n) is 3.65. The van der Waals surface area contributed by atoms with E-state index in [1.807, 2.05) is 35.0 Å². The van der Waals surface area contributed by atoms with Gasteiger partial charge in [-0.3, -0.25) is 4.79 Å². The highest BCUT2D eigenvalue weighted by atomic mass is 19.1. The fraction of sp³-hybridized carbons (Fsp3) is 0.238. The second-order valence-corrected chi connectivity index (χ2v) is 7.15. The van der Waals surface area contributed by atoms with Crippen LogP contribution in [0.2, 0.25) is 0 Å². The van der Waals surface area contributed by atoms with E-state index in [-0.39, 0.29) is 24.2 Å². The molecule has 1 aliphatic rings. The van der Waals surface area contributed by atoms with Crippen LogP contribution in [0.25, 0.3) is 17.2 Å². The summed E-state index contributed by atoms with van der Waals surface area (Å²) in [4.78, 5) is 23.0. The first kappa shape index (κ1) is 17.5. The van der Waals surface area contributed by atoms with Crippen LogP contribution in [0.3, 0.4) is 0 Å². The highest BCUT2D eigenvalue weighted by Crippen LogP contribution is 2.29. The number of carbonyl (C=O) groups excluding carboxylic acids is 1. The van der Waals surface area contributed by atoms with Crippen LogP contribution in [0, 0.1) is 5.82 Å². The van der Waals surface area contributed by atoms with Crippen LogP contribution in [0.5, 0.6) is 0 Å². The van der Waals surface area contributed by atoms with E-state index in [0.717, 1.165) is 5.65 Å². The molecule has 1 aliphatic heterocycles. The van der Waals surface area contributed by atoms with Gasteiger partial charge >= 0.3 is 0 Å². The highest BCUT2D eigenvalue weighted by Gasteiger charge is 2.31. The minimum absolute atomic E-state index is 0.00425. The molecule has 29 heavy (non-hydrogen) atoms. The molecule has 146 valence electrons. The van der Waals surface area contributed by atoms with Crippen LogP contribution in [0.15, 0.2) is 59.4 Å². The van der Waals surface area contributed by atoms with Gasteiger partial charge in [0.25, 0.3) is 0 Å². The lowest BCUT2D eigenvalue weighted by Crippen LogP contribution is -2.38. The van der Waals surface area contributed by atoms with E-state index in [4.69, 9.17) is 4.52 Å². The van der Waals surface area contributed by atoms with Gasteiger partial charge < -0.3 is 13.8 Å². The van der Waals surface area contributed by atoms with Crippen molar-refractivity contribution in [2.24, 2.45) is 0 Å². The molecule has 0 saturated carbocycles. The topological polar surface area (TPSA) is 76.5 Å². The molecular formula is C21H18FN5O2. The molecule has 4 heterocycles. The highest BCUT2D eigenvalue weighted by molar-refractivity contribution is 5.77. The second kappa shape index (κ2) is 7.12. The second-order valence-electron chi connectivity index (χ2n) is 7.15. The van der Waals surface area contributed by atoms with Crippen molar-refractivity contribution in [3.05, 3.63) is 72.1 Å². The summed E-state index contributed by atoms with van der Waals surface area (Å²) in [6.45, 7) is 0.648. The van der Waals surface area contributed by atoms with Gasteiger partial charge in [-0.2, -0.15) is 4.98 Å². The SMILES string of the molecule is O=C1CC[C@@H](c2nc(-c3cn4ccccc4n3)no2)CN1Cc1ccccc1F. The largest absolute Gasteiger partial charge is 0.339 e. The maximum absolute atomic E-state index is 14.0. The number of rotatable bonds is 4. The smallest absolute Gasteiger partial charge is 0.231 e. The van der Waals surface area contributed by atoms with E-state index in [9.17, 15) is 9.18 Å². The van der Waals surface area contributed by atoms with Crippen LogP contribution in [-0.2, 0) is 11.3 Å². The van der Waals surface area contributed by atoms with Crippen LogP contribution >= 0.6 is 0 Å². The minimum Gasteiger partial charge on any atom is -0.339 e. The first-order chi connectivity index (χ1) is 14.2. The Balaban J connectivity index is 1.36. The van der Waals surface area contributed by atoms with Gasteiger partial charge in [0.1, 0.15) is 17.2 Å². The molecule has 3 aromatic heterocycles. The molecule has 1 aromatic carbocycles. The predicted octanol–water partition coefficient (Wildman–Crippen LogP) is 3.43. The van der Waals surface area contributed by atoms with Crippen LogP contribution < -0.4 is 0 Å². The molecule has 0 bridgehead atoms. The molecule has 1 fully saturated rings. The Labute approximate surface area is 165 Å². The number of hydrogen-bond acceptors (Lipinski definition) is 5. The van der Waals surface area contributed by atoms with Crippen molar-refractivity contribution in [2.45, 2.75) is 25.3 Å². The van der Waals surface area contributed by atoms with Crippen LogP contribution in [0.1, 0.15) is 30.2 Å². The Morgan fingerprint density at radius 2 is 2.00 bits per heavy atom. The van der Waals surface area contributed by atoms with Crippen molar-refractivity contribution < 1.29 is 13.7 Å². The molecule has 8 heteroatoms. The Hall–Kier alpha value is -3.55. The Bertz CT molecular complexity index is 1150. The van der Waals surface area contributed by atoms with Crippen molar-refractivity contribution >= 4 is 11.6 Å². The third-order valence-electron chi connectivity index (χ3n) is 5.20. The van der Waals surface area contributed by atoms with E-state index in [0.29, 0.717) is 42.4 Å². The summed E-state index contributed by atoms with van der Waals surface area (Å²) in [5.41, 5.74) is 1.92. The Morgan fingerprint density at radius 1 is 1.14 bits per heavy atom. The zero-order valence-corrected chi connectivity index (χ0v) is 15.5. The van der Waals surface area contributed by atoms with E-state index in [2.05, 4.69) is 15.1 Å². The average Bonchev–Trinajstić information content (AvgIpc) is 3.38. The van der Waals surface area contributed by atoms with Gasteiger partial charge in [-0.25, -0.2) is 9.37 Å². The van der Waals surface area contributed by atoms with Crippen molar-refractivity contribution in [3.8, 4) is 11.5 Å². The van der Waals surface area contributed by atoms with E-state index < -0.39 is 0 Å². The average molecular weight is 391 g/mol. The number of aromatic nitrogens is 4. The number of hydrogen-bond donors (Lipinski definition) is 0. The van der Waals surface area contributed by atoms with Gasteiger partial charge in [0, 0.05) is 37.5 Å². The predicted molar refractivity (Wildman–Crippen MR) is 102 cm³/mol. The Kier molecular flexibility index (Phi) is 4.31. The number of fused-ring (bicyclic) bond motifs is 1. The maximum Gasteiger partial charge on any atom is 0.231 e. The molecule has 1 saturated heterocycles. The monoisotopic (exact) mass is 391 g/mol. The minimum atomic E-state index is -0.311. The lowest BCUT2D eigenvalue weighted by Gasteiger charge is -2.31. The quantitative estimate of drug-likeness (QED) is 0.533. The number of halogens is 1. The van der Waals surface area contributed by atoms with Gasteiger partial charge in [-0.1, -0.05) is 29.4 Å². The standard InChI is InChI=1S/C21H18FN5O2/c22-16-6-2-1-5-14(16)11-27-12-15(8-9-19(27)28)21-24-20(25-29-21)17-13-26-10-4-3-7-18(26)23-17/h1-7,10,13,15H,8-9,11-12H2/t15-/m1/s1. The molecule has 1 amide bonds. The number of piperidine rings is 1. The third kappa shape index (κ3) is 3.37. The first-order valence-electron chi connectivity index (χ1n) is 9.46. The first-order valence-corrected chi connectivity index (χ1v) is 9.46. The van der Waals surface area contributed by atoms with Crippen LogP contribution in [-0.4, -0.2) is 36.9 Å². The summed E-state index contributed by atoms with van der Waals surface area (Å²) in [5.74, 6) is 0.501. The van der Waals surface area contributed by atoms with Crippen molar-refractivity contribution in [2.75, 3.05) is 6.54 Å². The Morgan fingerprint density at radius 3 is 2.86 bits per heavy atom.